The Morgan fingerprint density at radius 2 is 2.00 bits per heavy atom. The lowest BCUT2D eigenvalue weighted by molar-refractivity contribution is -0.122. The number of nitrogens with one attached hydrogen (secondary N) is 2. The molecule has 9 heteroatoms. The number of H-pyrrole nitrogens is 1. The van der Waals surface area contributed by atoms with Gasteiger partial charge < -0.3 is 24.9 Å². The van der Waals surface area contributed by atoms with E-state index in [4.69, 9.17) is 19.4 Å². The number of nitrogens with zero attached hydrogens (tertiary/aromatic N) is 2. The van der Waals surface area contributed by atoms with Crippen LogP contribution in [0.5, 0.6) is 11.6 Å². The van der Waals surface area contributed by atoms with Crippen LogP contribution < -0.4 is 14.8 Å². The highest BCUT2D eigenvalue weighted by Crippen LogP contribution is 2.40. The van der Waals surface area contributed by atoms with Crippen molar-refractivity contribution in [1.29, 1.82) is 0 Å². The van der Waals surface area contributed by atoms with Crippen molar-refractivity contribution in [2.24, 2.45) is 0 Å². The van der Waals surface area contributed by atoms with Crippen LogP contribution in [0.15, 0.2) is 60.9 Å². The summed E-state index contributed by atoms with van der Waals surface area (Å²) in [4.78, 5) is 33.8. The fourth-order valence-corrected chi connectivity index (χ4v) is 4.08. The second-order valence-corrected chi connectivity index (χ2v) is 7.78. The van der Waals surface area contributed by atoms with Crippen molar-refractivity contribution >= 4 is 23.3 Å². The molecule has 0 fully saturated rings. The van der Waals surface area contributed by atoms with E-state index in [0.29, 0.717) is 36.0 Å². The van der Waals surface area contributed by atoms with Crippen molar-refractivity contribution in [2.75, 3.05) is 13.7 Å². The van der Waals surface area contributed by atoms with Gasteiger partial charge in [0, 0.05) is 24.1 Å². The number of fused-ring (bicyclic) bond motifs is 2. The lowest BCUT2D eigenvalue weighted by atomic mass is 9.81. The molecule has 34 heavy (non-hydrogen) atoms. The molecule has 4 aromatic rings. The van der Waals surface area contributed by atoms with Crippen LogP contribution in [0.3, 0.4) is 0 Å². The van der Waals surface area contributed by atoms with Crippen LogP contribution in [0.25, 0.3) is 10.9 Å². The van der Waals surface area contributed by atoms with Crippen LogP contribution >= 0.6 is 0 Å². The first-order chi connectivity index (χ1) is 16.5. The van der Waals surface area contributed by atoms with Gasteiger partial charge >= 0.3 is 0 Å². The number of pyridine rings is 2. The molecule has 1 aliphatic rings. The van der Waals surface area contributed by atoms with Crippen molar-refractivity contribution < 1.29 is 24.2 Å². The normalized spacial score (nSPS) is 16.4. The summed E-state index contributed by atoms with van der Waals surface area (Å²) < 4.78 is 11.0. The average molecular weight is 460 g/mol. The van der Waals surface area contributed by atoms with E-state index in [2.05, 4.69) is 20.3 Å². The summed E-state index contributed by atoms with van der Waals surface area (Å²) in [6, 6.07) is 15.5. The first-order valence-corrected chi connectivity index (χ1v) is 10.6. The van der Waals surface area contributed by atoms with Crippen molar-refractivity contribution in [3.63, 3.8) is 0 Å². The standard InChI is InChI=1S/C24H22N4O3.CH2O2/c1-15-5-7-17(8-6-15)24(9-11-31-20-4-3-10-25-22(20)24)28-23(29)18-12-16-13-21(30-2)26-14-19(16)27-18;2-1-3/h3-8,10,12-14,27H,9,11H2,1-2H3,(H,28,29);1H,(H,2,3)/t24-;/m0./s1. The number of aromatic nitrogens is 3. The topological polar surface area (TPSA) is 126 Å². The van der Waals surface area contributed by atoms with Crippen LogP contribution in [0.1, 0.15) is 33.7 Å². The molecule has 1 aromatic carbocycles. The van der Waals surface area contributed by atoms with Gasteiger partial charge in [-0.2, -0.15) is 0 Å². The predicted molar refractivity (Wildman–Crippen MR) is 125 cm³/mol. The molecule has 174 valence electrons. The summed E-state index contributed by atoms with van der Waals surface area (Å²) in [6.07, 6.45) is 3.96. The van der Waals surface area contributed by atoms with Gasteiger partial charge in [0.1, 0.15) is 22.7 Å². The minimum Gasteiger partial charge on any atom is -0.491 e. The zero-order valence-corrected chi connectivity index (χ0v) is 18.7. The molecule has 0 radical (unpaired) electrons. The summed E-state index contributed by atoms with van der Waals surface area (Å²) in [7, 11) is 1.56. The fraction of sp³-hybridized carbons (Fsp3) is 0.200. The van der Waals surface area contributed by atoms with Crippen molar-refractivity contribution in [3.8, 4) is 11.6 Å². The first-order valence-electron chi connectivity index (χ1n) is 10.6. The van der Waals surface area contributed by atoms with Crippen LogP contribution in [0.2, 0.25) is 0 Å². The Hall–Kier alpha value is -4.40. The van der Waals surface area contributed by atoms with Crippen molar-refractivity contribution in [2.45, 2.75) is 18.9 Å². The van der Waals surface area contributed by atoms with E-state index in [9.17, 15) is 4.79 Å². The van der Waals surface area contributed by atoms with Crippen LogP contribution in [0.4, 0.5) is 0 Å². The minimum atomic E-state index is -0.799. The van der Waals surface area contributed by atoms with Gasteiger partial charge in [0.15, 0.2) is 0 Å². The molecule has 0 saturated heterocycles. The number of carbonyl (C=O) groups is 2. The number of rotatable bonds is 4. The third kappa shape index (κ3) is 4.27. The van der Waals surface area contributed by atoms with E-state index in [0.717, 1.165) is 22.0 Å². The van der Waals surface area contributed by atoms with Crippen molar-refractivity contribution in [1.82, 2.24) is 20.3 Å². The van der Waals surface area contributed by atoms with Gasteiger partial charge in [-0.25, -0.2) is 4.98 Å². The lowest BCUT2D eigenvalue weighted by Crippen LogP contribution is -2.50. The number of amides is 1. The number of methoxy groups -OCH3 is 1. The van der Waals surface area contributed by atoms with E-state index in [-0.39, 0.29) is 12.4 Å². The molecule has 9 nitrogen and oxygen atoms in total. The lowest BCUT2D eigenvalue weighted by Gasteiger charge is -2.38. The Balaban J connectivity index is 0.000000868. The zero-order valence-electron chi connectivity index (χ0n) is 18.7. The minimum absolute atomic E-state index is 0.228. The van der Waals surface area contributed by atoms with Crippen LogP contribution in [-0.2, 0) is 10.3 Å². The summed E-state index contributed by atoms with van der Waals surface area (Å²) in [6.45, 7) is 2.26. The summed E-state index contributed by atoms with van der Waals surface area (Å²) in [5.74, 6) is 0.951. The molecule has 0 unspecified atom stereocenters. The number of benzene rings is 1. The number of carboxylic acid groups (broad SMARTS) is 1. The Labute approximate surface area is 195 Å². The summed E-state index contributed by atoms with van der Waals surface area (Å²) in [5, 5.41) is 11.0. The van der Waals surface area contributed by atoms with E-state index in [1.54, 1.807) is 31.6 Å². The number of ether oxygens (including phenoxy) is 2. The number of aromatic amines is 1. The first kappa shape index (κ1) is 22.8. The number of hydrogen-bond donors (Lipinski definition) is 3. The molecule has 0 aliphatic carbocycles. The summed E-state index contributed by atoms with van der Waals surface area (Å²) >= 11 is 0. The molecule has 3 aromatic heterocycles. The number of carbonyl (C=O) groups excluding carboxylic acids is 1. The average Bonchev–Trinajstić information content (AvgIpc) is 3.29. The van der Waals surface area contributed by atoms with Gasteiger partial charge in [0.2, 0.25) is 5.88 Å². The van der Waals surface area contributed by atoms with Gasteiger partial charge in [-0.05, 0) is 30.7 Å². The van der Waals surface area contributed by atoms with Gasteiger partial charge in [0.05, 0.1) is 25.4 Å². The smallest absolute Gasteiger partial charge is 0.290 e. The monoisotopic (exact) mass is 460 g/mol. The third-order valence-corrected chi connectivity index (χ3v) is 5.71. The summed E-state index contributed by atoms with van der Waals surface area (Å²) in [5.41, 5.74) is 3.23. The van der Waals surface area contributed by atoms with Crippen molar-refractivity contribution in [3.05, 3.63) is 83.4 Å². The fourth-order valence-electron chi connectivity index (χ4n) is 4.08. The molecule has 5 rings (SSSR count). The van der Waals surface area contributed by atoms with Crippen LogP contribution in [0, 0.1) is 6.92 Å². The number of hydrogen-bond acceptors (Lipinski definition) is 6. The zero-order chi connectivity index (χ0) is 24.1. The maximum atomic E-state index is 13.4. The molecule has 0 spiro atoms. The van der Waals surface area contributed by atoms with E-state index < -0.39 is 5.54 Å². The molecule has 1 atom stereocenters. The Morgan fingerprint density at radius 1 is 1.24 bits per heavy atom. The highest BCUT2D eigenvalue weighted by Gasteiger charge is 2.42. The van der Waals surface area contributed by atoms with E-state index in [1.807, 2.05) is 43.3 Å². The Morgan fingerprint density at radius 3 is 2.74 bits per heavy atom. The van der Waals surface area contributed by atoms with Gasteiger partial charge in [0.25, 0.3) is 12.4 Å². The largest absolute Gasteiger partial charge is 0.491 e. The quantitative estimate of drug-likeness (QED) is 0.398. The maximum Gasteiger partial charge on any atom is 0.290 e. The van der Waals surface area contributed by atoms with E-state index in [1.165, 1.54) is 0 Å². The van der Waals surface area contributed by atoms with Crippen LogP contribution in [-0.4, -0.2) is 46.2 Å². The highest BCUT2D eigenvalue weighted by atomic mass is 16.5. The molecule has 3 N–H and O–H groups in total. The molecule has 4 heterocycles. The second kappa shape index (κ2) is 9.62. The Bertz CT molecular complexity index is 1320. The predicted octanol–water partition coefficient (Wildman–Crippen LogP) is 3.43. The molecule has 1 amide bonds. The molecular weight excluding hydrogens is 436 g/mol. The maximum absolute atomic E-state index is 13.4. The van der Waals surface area contributed by atoms with Gasteiger partial charge in [-0.15, -0.1) is 0 Å². The molecular formula is C25H24N4O5. The SMILES string of the molecule is COc1cc2cc(C(=O)N[C@]3(c4ccc(C)cc4)CCOc4cccnc43)[nH]c2cn1.O=CO. The van der Waals surface area contributed by atoms with E-state index >= 15 is 0 Å². The molecule has 1 aliphatic heterocycles. The Kier molecular flexibility index (Phi) is 6.44. The molecule has 0 bridgehead atoms. The third-order valence-electron chi connectivity index (χ3n) is 5.71. The van der Waals surface area contributed by atoms with Gasteiger partial charge in [-0.3, -0.25) is 14.6 Å². The highest BCUT2D eigenvalue weighted by molar-refractivity contribution is 5.98. The second-order valence-electron chi connectivity index (χ2n) is 7.78. The molecule has 0 saturated carbocycles. The number of aryl methyl sites for hydroxylation is 1. The van der Waals surface area contributed by atoms with Gasteiger partial charge in [-0.1, -0.05) is 29.8 Å².